The average molecular weight is 901 g/mol. The van der Waals surface area contributed by atoms with Crippen LogP contribution in [0, 0.1) is 35.5 Å². The molecular formula is C46H72F4N4O9. The summed E-state index contributed by atoms with van der Waals surface area (Å²) in [5, 5.41) is 25.7. The van der Waals surface area contributed by atoms with Gasteiger partial charge in [0.25, 0.3) is 0 Å². The highest BCUT2D eigenvalue weighted by Crippen LogP contribution is 2.30. The minimum Gasteiger partial charge on any atom is -0.461 e. The van der Waals surface area contributed by atoms with Crippen molar-refractivity contribution in [3.63, 3.8) is 0 Å². The Morgan fingerprint density at radius 2 is 1.06 bits per heavy atom. The Morgan fingerprint density at radius 1 is 0.667 bits per heavy atom. The topological polar surface area (TPSA) is 183 Å². The van der Waals surface area contributed by atoms with Crippen LogP contribution in [0.25, 0.3) is 0 Å². The lowest BCUT2D eigenvalue weighted by atomic mass is 9.90. The number of ketones is 1. The summed E-state index contributed by atoms with van der Waals surface area (Å²) in [5.74, 6) is -14.4. The van der Waals surface area contributed by atoms with Crippen LogP contribution in [0.3, 0.4) is 0 Å². The second-order valence-electron chi connectivity index (χ2n) is 18.3. The third-order valence-electron chi connectivity index (χ3n) is 12.3. The highest BCUT2D eigenvalue weighted by atomic mass is 19.3. The van der Waals surface area contributed by atoms with Crippen molar-refractivity contribution in [2.24, 2.45) is 35.5 Å². The van der Waals surface area contributed by atoms with Gasteiger partial charge in [0.05, 0.1) is 18.7 Å². The first-order valence-corrected chi connectivity index (χ1v) is 22.3. The summed E-state index contributed by atoms with van der Waals surface area (Å²) < 4.78 is 62.8. The van der Waals surface area contributed by atoms with Gasteiger partial charge in [-0.3, -0.25) is 24.0 Å². The van der Waals surface area contributed by atoms with Crippen LogP contribution in [0.2, 0.25) is 0 Å². The number of esters is 1. The highest BCUT2D eigenvalue weighted by molar-refractivity contribution is 5.91. The van der Waals surface area contributed by atoms with E-state index in [2.05, 4.69) is 15.4 Å². The van der Waals surface area contributed by atoms with Gasteiger partial charge < -0.3 is 35.4 Å². The molecule has 2 heterocycles. The SMILES string of the molecule is CC(C)[C@H](NC(=O)C1CCCN1C(=O)[C@@H](C)C(C)C)C(O)C(F)(F)C(=O)CCc1ccccc1.CCOC(=O)C(F)(F)C(O)[C@@H](NC(=O)C1CCCN1C(=O)[C@@H](C)C(C)C)C(C)C. The summed E-state index contributed by atoms with van der Waals surface area (Å²) in [6, 6.07) is 4.51. The number of Topliss-reactive ketones (excluding diaryl/α,β-unsaturated/α-hetero) is 1. The molecule has 4 amide bonds. The maximum Gasteiger partial charge on any atom is 0.379 e. The first-order valence-electron chi connectivity index (χ1n) is 22.3. The summed E-state index contributed by atoms with van der Waals surface area (Å²) >= 11 is 0. The average Bonchev–Trinajstić information content (AvgIpc) is 3.94. The summed E-state index contributed by atoms with van der Waals surface area (Å²) in [7, 11) is 0. The van der Waals surface area contributed by atoms with Gasteiger partial charge in [0.15, 0.2) is 0 Å². The van der Waals surface area contributed by atoms with E-state index in [9.17, 15) is 56.5 Å². The number of nitrogens with one attached hydrogen (secondary N) is 2. The lowest BCUT2D eigenvalue weighted by molar-refractivity contribution is -0.193. The Balaban J connectivity index is 0.000000439. The molecule has 3 rings (SSSR count). The van der Waals surface area contributed by atoms with Crippen molar-refractivity contribution < 1.29 is 61.3 Å². The molecule has 4 unspecified atom stereocenters. The van der Waals surface area contributed by atoms with E-state index in [1.54, 1.807) is 65.0 Å². The number of nitrogens with zero attached hydrogens (tertiary/aromatic N) is 2. The normalized spacial score (nSPS) is 19.8. The molecule has 63 heavy (non-hydrogen) atoms. The van der Waals surface area contributed by atoms with Gasteiger partial charge >= 0.3 is 17.8 Å². The number of aryl methyl sites for hydroxylation is 1. The Morgan fingerprint density at radius 3 is 1.43 bits per heavy atom. The zero-order valence-electron chi connectivity index (χ0n) is 38.8. The van der Waals surface area contributed by atoms with Gasteiger partial charge in [-0.25, -0.2) is 4.79 Å². The molecule has 0 spiro atoms. The monoisotopic (exact) mass is 901 g/mol. The number of likely N-dealkylation sites (tertiary alicyclic amines) is 2. The number of aliphatic hydroxyl groups is 2. The van der Waals surface area contributed by atoms with Crippen LogP contribution in [0.15, 0.2) is 30.3 Å². The van der Waals surface area contributed by atoms with Gasteiger partial charge in [0, 0.05) is 31.3 Å². The zero-order chi connectivity index (χ0) is 48.1. The maximum atomic E-state index is 14.9. The lowest BCUT2D eigenvalue weighted by Crippen LogP contribution is -2.59. The van der Waals surface area contributed by atoms with E-state index in [0.717, 1.165) is 5.56 Å². The van der Waals surface area contributed by atoms with E-state index in [1.807, 2.05) is 34.6 Å². The lowest BCUT2D eigenvalue weighted by Gasteiger charge is -2.34. The van der Waals surface area contributed by atoms with Crippen LogP contribution in [0.1, 0.15) is 114 Å². The molecule has 0 aromatic heterocycles. The van der Waals surface area contributed by atoms with Gasteiger partial charge in [0.1, 0.15) is 24.3 Å². The quantitative estimate of drug-likeness (QED) is 0.0960. The molecule has 8 atom stereocenters. The number of carbonyl (C=O) groups is 6. The predicted molar refractivity (Wildman–Crippen MR) is 229 cm³/mol. The number of ether oxygens (including phenoxy) is 1. The molecule has 4 N–H and O–H groups in total. The van der Waals surface area contributed by atoms with E-state index >= 15 is 0 Å². The second kappa shape index (κ2) is 24.2. The van der Waals surface area contributed by atoms with Crippen molar-refractivity contribution >= 4 is 35.4 Å². The molecule has 2 aliphatic rings. The smallest absolute Gasteiger partial charge is 0.379 e. The number of carbonyl (C=O) groups excluding carboxylic acids is 6. The van der Waals surface area contributed by atoms with Gasteiger partial charge in [-0.1, -0.05) is 99.6 Å². The molecular weight excluding hydrogens is 829 g/mol. The summed E-state index contributed by atoms with van der Waals surface area (Å²) in [6.07, 6.45) is -3.02. The van der Waals surface area contributed by atoms with Crippen molar-refractivity contribution in [1.29, 1.82) is 0 Å². The van der Waals surface area contributed by atoms with Crippen LogP contribution < -0.4 is 10.6 Å². The molecule has 1 aromatic rings. The Labute approximate surface area is 370 Å². The largest absolute Gasteiger partial charge is 0.461 e. The number of hydrogen-bond donors (Lipinski definition) is 4. The van der Waals surface area contributed by atoms with Crippen molar-refractivity contribution in [3.05, 3.63) is 35.9 Å². The van der Waals surface area contributed by atoms with Gasteiger partial charge in [-0.2, -0.15) is 17.6 Å². The zero-order valence-corrected chi connectivity index (χ0v) is 38.8. The molecule has 358 valence electrons. The number of rotatable bonds is 20. The first-order chi connectivity index (χ1) is 29.2. The van der Waals surface area contributed by atoms with Gasteiger partial charge in [-0.15, -0.1) is 0 Å². The van der Waals surface area contributed by atoms with Gasteiger partial charge in [0.2, 0.25) is 29.4 Å². The van der Waals surface area contributed by atoms with Crippen molar-refractivity contribution in [2.75, 3.05) is 19.7 Å². The third-order valence-corrected chi connectivity index (χ3v) is 12.3. The van der Waals surface area contributed by atoms with E-state index in [1.165, 1.54) is 16.7 Å². The number of hydrogen-bond acceptors (Lipinski definition) is 9. The predicted octanol–water partition coefficient (Wildman–Crippen LogP) is 5.58. The molecule has 0 saturated carbocycles. The molecule has 0 radical (unpaired) electrons. The van der Waals surface area contributed by atoms with E-state index < -0.39 is 90.0 Å². The molecule has 13 nitrogen and oxygen atoms in total. The summed E-state index contributed by atoms with van der Waals surface area (Å²) in [4.78, 5) is 78.3. The second-order valence-corrected chi connectivity index (χ2v) is 18.3. The van der Waals surface area contributed by atoms with Crippen LogP contribution in [0.5, 0.6) is 0 Å². The first kappa shape index (κ1) is 55.0. The molecule has 1 aromatic carbocycles. The van der Waals surface area contributed by atoms with E-state index in [-0.39, 0.29) is 48.5 Å². The molecule has 2 saturated heterocycles. The fraction of sp³-hybridized carbons (Fsp3) is 0.739. The van der Waals surface area contributed by atoms with Crippen molar-refractivity contribution in [3.8, 4) is 0 Å². The summed E-state index contributed by atoms with van der Waals surface area (Å²) in [5.41, 5.74) is 0.747. The fourth-order valence-corrected chi connectivity index (χ4v) is 7.47. The minimum atomic E-state index is -4.17. The minimum absolute atomic E-state index is 0.0975. The molecule has 0 aliphatic carbocycles. The van der Waals surface area contributed by atoms with Crippen LogP contribution in [-0.2, 0) is 39.9 Å². The van der Waals surface area contributed by atoms with E-state index in [0.29, 0.717) is 38.8 Å². The number of halogens is 4. The standard InChI is InChI=1S/C26H38F2N2O4.C20H34F2N2O5/c1-16(2)18(5)25(34)30-15-9-12-20(30)24(33)29-22(17(3)4)23(32)26(27,28)21(31)14-13-19-10-7-6-8-11-19;1-7-29-19(28)20(21,22)16(25)15(12(4)5)23-17(26)14-9-8-10-24(14)18(27)13(6)11(2)3/h6-8,10-11,16-18,20,22-23,32H,9,12-15H2,1-5H3,(H,29,33);11-16,25H,7-10H2,1-6H3,(H,23,26)/t18-,20?,22-,23?;13-,14?,15-,16?/m00/s1. The van der Waals surface area contributed by atoms with Crippen LogP contribution in [0.4, 0.5) is 17.6 Å². The van der Waals surface area contributed by atoms with Crippen LogP contribution in [-0.4, -0.2) is 123 Å². The number of amides is 4. The number of aliphatic hydroxyl groups excluding tert-OH is 2. The van der Waals surface area contributed by atoms with Crippen molar-refractivity contribution in [2.45, 2.75) is 163 Å². The van der Waals surface area contributed by atoms with Crippen LogP contribution >= 0.6 is 0 Å². The number of alkyl halides is 4. The maximum absolute atomic E-state index is 14.9. The van der Waals surface area contributed by atoms with Gasteiger partial charge in [-0.05, 0) is 68.3 Å². The fourth-order valence-electron chi connectivity index (χ4n) is 7.47. The number of benzene rings is 1. The molecule has 2 aliphatic heterocycles. The Kier molecular flexibility index (Phi) is 21.2. The van der Waals surface area contributed by atoms with Crippen molar-refractivity contribution in [1.82, 2.24) is 20.4 Å². The summed E-state index contributed by atoms with van der Waals surface area (Å²) in [6.45, 7) is 19.5. The molecule has 17 heteroatoms. The molecule has 0 bridgehead atoms. The Hall–Kier alpha value is -4.12. The Bertz CT molecular complexity index is 1680. The van der Waals surface area contributed by atoms with E-state index in [4.69, 9.17) is 0 Å². The highest BCUT2D eigenvalue weighted by Gasteiger charge is 2.54. The third kappa shape index (κ3) is 14.4. The molecule has 2 fully saturated rings.